The van der Waals surface area contributed by atoms with Gasteiger partial charge < -0.3 is 9.47 Å². The molecular formula is C15H13ClO3. The van der Waals surface area contributed by atoms with Gasteiger partial charge in [-0.25, -0.2) is 0 Å². The fourth-order valence-electron chi connectivity index (χ4n) is 1.60. The SMILES string of the molecule is COC(=O)C(Cl)c1cccc(Oc2ccccc2)c1. The van der Waals surface area contributed by atoms with E-state index in [1.54, 1.807) is 24.3 Å². The Bertz CT molecular complexity index is 554. The van der Waals surface area contributed by atoms with E-state index in [0.717, 1.165) is 5.75 Å². The summed E-state index contributed by atoms with van der Waals surface area (Å²) in [7, 11) is 1.31. The zero-order chi connectivity index (χ0) is 13.7. The summed E-state index contributed by atoms with van der Waals surface area (Å²) in [6.07, 6.45) is 0. The Kier molecular flexibility index (Phi) is 4.42. The first kappa shape index (κ1) is 13.4. The number of rotatable bonds is 4. The lowest BCUT2D eigenvalue weighted by Crippen LogP contribution is -2.08. The third-order valence-corrected chi connectivity index (χ3v) is 2.97. The number of esters is 1. The lowest BCUT2D eigenvalue weighted by Gasteiger charge is -2.10. The summed E-state index contributed by atoms with van der Waals surface area (Å²) < 4.78 is 10.3. The van der Waals surface area contributed by atoms with Crippen molar-refractivity contribution in [1.29, 1.82) is 0 Å². The van der Waals surface area contributed by atoms with Gasteiger partial charge in [0.25, 0.3) is 0 Å². The van der Waals surface area contributed by atoms with Gasteiger partial charge in [0, 0.05) is 0 Å². The summed E-state index contributed by atoms with van der Waals surface area (Å²) in [5.74, 6) is 0.862. The maximum Gasteiger partial charge on any atom is 0.328 e. The lowest BCUT2D eigenvalue weighted by molar-refractivity contribution is -0.140. The van der Waals surface area contributed by atoms with Gasteiger partial charge in [-0.15, -0.1) is 11.6 Å². The molecule has 0 fully saturated rings. The topological polar surface area (TPSA) is 35.5 Å². The van der Waals surface area contributed by atoms with Crippen molar-refractivity contribution in [3.05, 3.63) is 60.2 Å². The fraction of sp³-hybridized carbons (Fsp3) is 0.133. The van der Waals surface area contributed by atoms with Crippen LogP contribution >= 0.6 is 11.6 Å². The number of ether oxygens (including phenoxy) is 2. The zero-order valence-electron chi connectivity index (χ0n) is 10.4. The van der Waals surface area contributed by atoms with Gasteiger partial charge in [0.15, 0.2) is 5.38 Å². The van der Waals surface area contributed by atoms with Gasteiger partial charge in [-0.2, -0.15) is 0 Å². The van der Waals surface area contributed by atoms with E-state index >= 15 is 0 Å². The molecule has 3 nitrogen and oxygen atoms in total. The summed E-state index contributed by atoms with van der Waals surface area (Å²) in [5.41, 5.74) is 0.641. The number of hydrogen-bond donors (Lipinski definition) is 0. The van der Waals surface area contributed by atoms with Gasteiger partial charge in [-0.1, -0.05) is 30.3 Å². The van der Waals surface area contributed by atoms with E-state index < -0.39 is 11.3 Å². The van der Waals surface area contributed by atoms with Crippen LogP contribution in [0.3, 0.4) is 0 Å². The third kappa shape index (κ3) is 3.48. The molecule has 98 valence electrons. The quantitative estimate of drug-likeness (QED) is 0.627. The standard InChI is InChI=1S/C15H13ClO3/c1-18-15(17)14(16)11-6-5-9-13(10-11)19-12-7-3-2-4-8-12/h2-10,14H,1H3. The minimum absolute atomic E-state index is 0.487. The highest BCUT2D eigenvalue weighted by atomic mass is 35.5. The Hall–Kier alpha value is -2.00. The van der Waals surface area contributed by atoms with Gasteiger partial charge in [0.1, 0.15) is 11.5 Å². The largest absolute Gasteiger partial charge is 0.468 e. The molecule has 2 aromatic rings. The monoisotopic (exact) mass is 276 g/mol. The number of hydrogen-bond acceptors (Lipinski definition) is 3. The number of benzene rings is 2. The molecule has 2 rings (SSSR count). The Labute approximate surface area is 116 Å². The molecule has 1 atom stereocenters. The van der Waals surface area contributed by atoms with Crippen LogP contribution in [-0.2, 0) is 9.53 Å². The molecule has 4 heteroatoms. The van der Waals surface area contributed by atoms with Crippen LogP contribution < -0.4 is 4.74 Å². The lowest BCUT2D eigenvalue weighted by atomic mass is 10.1. The van der Waals surface area contributed by atoms with E-state index in [1.807, 2.05) is 30.3 Å². The second-order valence-corrected chi connectivity index (χ2v) is 4.31. The molecule has 0 aliphatic rings. The number of para-hydroxylation sites is 1. The average Bonchev–Trinajstić information content (AvgIpc) is 2.47. The molecule has 0 aliphatic heterocycles. The van der Waals surface area contributed by atoms with E-state index in [1.165, 1.54) is 7.11 Å². The minimum Gasteiger partial charge on any atom is -0.468 e. The molecule has 0 heterocycles. The molecule has 1 unspecified atom stereocenters. The van der Waals surface area contributed by atoms with E-state index in [2.05, 4.69) is 4.74 Å². The van der Waals surface area contributed by atoms with E-state index in [0.29, 0.717) is 11.3 Å². The highest BCUT2D eigenvalue weighted by Crippen LogP contribution is 2.27. The smallest absolute Gasteiger partial charge is 0.328 e. The van der Waals surface area contributed by atoms with Crippen molar-refractivity contribution in [1.82, 2.24) is 0 Å². The first-order chi connectivity index (χ1) is 9.20. The second-order valence-electron chi connectivity index (χ2n) is 3.87. The van der Waals surface area contributed by atoms with Gasteiger partial charge in [-0.05, 0) is 29.8 Å². The summed E-state index contributed by atoms with van der Waals surface area (Å²) in [6.45, 7) is 0. The van der Waals surface area contributed by atoms with E-state index in [9.17, 15) is 4.79 Å². The van der Waals surface area contributed by atoms with Crippen molar-refractivity contribution in [3.8, 4) is 11.5 Å². The number of carbonyl (C=O) groups is 1. The van der Waals surface area contributed by atoms with Crippen molar-refractivity contribution >= 4 is 17.6 Å². The van der Waals surface area contributed by atoms with Crippen LogP contribution in [0.15, 0.2) is 54.6 Å². The van der Waals surface area contributed by atoms with Gasteiger partial charge in [0.2, 0.25) is 0 Å². The fourth-order valence-corrected chi connectivity index (χ4v) is 1.82. The molecule has 19 heavy (non-hydrogen) atoms. The summed E-state index contributed by atoms with van der Waals surface area (Å²) >= 11 is 6.00. The van der Waals surface area contributed by atoms with Gasteiger partial charge >= 0.3 is 5.97 Å². The molecule has 0 bridgehead atoms. The van der Waals surface area contributed by atoms with Gasteiger partial charge in [0.05, 0.1) is 7.11 Å². The van der Waals surface area contributed by atoms with Crippen LogP contribution in [0, 0.1) is 0 Å². The van der Waals surface area contributed by atoms with Crippen molar-refractivity contribution in [2.24, 2.45) is 0 Å². The van der Waals surface area contributed by atoms with Crippen molar-refractivity contribution in [2.75, 3.05) is 7.11 Å². The van der Waals surface area contributed by atoms with Crippen molar-refractivity contribution < 1.29 is 14.3 Å². The van der Waals surface area contributed by atoms with Crippen LogP contribution in [0.1, 0.15) is 10.9 Å². The average molecular weight is 277 g/mol. The van der Waals surface area contributed by atoms with Crippen molar-refractivity contribution in [2.45, 2.75) is 5.38 Å². The van der Waals surface area contributed by atoms with Crippen LogP contribution in [0.2, 0.25) is 0 Å². The van der Waals surface area contributed by atoms with Crippen LogP contribution in [0.25, 0.3) is 0 Å². The number of alkyl halides is 1. The summed E-state index contributed by atoms with van der Waals surface area (Å²) in [5, 5.41) is -0.829. The minimum atomic E-state index is -0.829. The Morgan fingerprint density at radius 3 is 2.42 bits per heavy atom. The van der Waals surface area contributed by atoms with Crippen molar-refractivity contribution in [3.63, 3.8) is 0 Å². The highest BCUT2D eigenvalue weighted by Gasteiger charge is 2.18. The Morgan fingerprint density at radius 2 is 1.74 bits per heavy atom. The number of carbonyl (C=O) groups excluding carboxylic acids is 1. The molecule has 0 amide bonds. The maximum absolute atomic E-state index is 11.4. The Morgan fingerprint density at radius 1 is 1.05 bits per heavy atom. The normalized spacial score (nSPS) is 11.7. The molecule has 0 N–H and O–H groups in total. The summed E-state index contributed by atoms with van der Waals surface area (Å²) in [4.78, 5) is 11.4. The van der Waals surface area contributed by atoms with E-state index in [-0.39, 0.29) is 0 Å². The first-order valence-corrected chi connectivity index (χ1v) is 6.19. The molecule has 0 aromatic heterocycles. The molecular weight excluding hydrogens is 264 g/mol. The first-order valence-electron chi connectivity index (χ1n) is 5.75. The number of halogens is 1. The summed E-state index contributed by atoms with van der Waals surface area (Å²) in [6, 6.07) is 16.5. The number of methoxy groups -OCH3 is 1. The molecule has 2 aromatic carbocycles. The zero-order valence-corrected chi connectivity index (χ0v) is 11.1. The third-order valence-electron chi connectivity index (χ3n) is 2.54. The molecule has 0 saturated carbocycles. The van der Waals surface area contributed by atoms with E-state index in [4.69, 9.17) is 16.3 Å². The molecule has 0 spiro atoms. The second kappa shape index (κ2) is 6.25. The van der Waals surface area contributed by atoms with Crippen LogP contribution in [-0.4, -0.2) is 13.1 Å². The Balaban J connectivity index is 2.18. The molecule has 0 radical (unpaired) electrons. The molecule has 0 saturated heterocycles. The highest BCUT2D eigenvalue weighted by molar-refractivity contribution is 6.29. The van der Waals surface area contributed by atoms with Crippen LogP contribution in [0.4, 0.5) is 0 Å². The molecule has 0 aliphatic carbocycles. The van der Waals surface area contributed by atoms with Crippen LogP contribution in [0.5, 0.6) is 11.5 Å². The predicted octanol–water partition coefficient (Wildman–Crippen LogP) is 3.93. The predicted molar refractivity (Wildman–Crippen MR) is 73.6 cm³/mol. The maximum atomic E-state index is 11.4. The van der Waals surface area contributed by atoms with Gasteiger partial charge in [-0.3, -0.25) is 4.79 Å².